The Balaban J connectivity index is 1.61. The van der Waals surface area contributed by atoms with Gasteiger partial charge in [-0.3, -0.25) is 0 Å². The van der Waals surface area contributed by atoms with Gasteiger partial charge in [0.25, 0.3) is 0 Å². The molecule has 1 saturated heterocycles. The highest BCUT2D eigenvalue weighted by Crippen LogP contribution is 2.44. The molecule has 2 N–H and O–H groups in total. The van der Waals surface area contributed by atoms with E-state index in [0.717, 1.165) is 0 Å². The second kappa shape index (κ2) is 7.05. The first kappa shape index (κ1) is 18.1. The highest BCUT2D eigenvalue weighted by molar-refractivity contribution is 7.93. The van der Waals surface area contributed by atoms with Gasteiger partial charge in [-0.05, 0) is 25.0 Å². The van der Waals surface area contributed by atoms with Gasteiger partial charge in [0.15, 0.2) is 18.1 Å². The molecule has 2 aliphatic rings. The quantitative estimate of drug-likeness (QED) is 0.855. The maximum absolute atomic E-state index is 13.8. The number of nitrogens with zero attached hydrogens (tertiary/aromatic N) is 2. The second-order valence-corrected chi connectivity index (χ2v) is 8.51. The zero-order valence-electron chi connectivity index (χ0n) is 14.1. The van der Waals surface area contributed by atoms with Crippen LogP contribution in [0.2, 0.25) is 0 Å². The molecule has 140 valence electrons. The molecule has 4 rings (SSSR count). The van der Waals surface area contributed by atoms with Gasteiger partial charge in [0.2, 0.25) is 5.16 Å². The number of nitrogens with two attached hydrogens (primary N) is 1. The molecular formula is C17H20FN3O3S2. The molecule has 1 aromatic heterocycles. The number of benzene rings is 1. The number of imidazole rings is 1. The lowest BCUT2D eigenvalue weighted by Crippen LogP contribution is -2.47. The molecule has 1 spiro atoms. The Labute approximate surface area is 158 Å². The van der Waals surface area contributed by atoms with Gasteiger partial charge >= 0.3 is 0 Å². The van der Waals surface area contributed by atoms with Crippen molar-refractivity contribution in [3.63, 3.8) is 0 Å². The minimum Gasteiger partial charge on any atom is -0.348 e. The molecule has 9 heteroatoms. The molecule has 0 amide bonds. The number of ether oxygens (including phenoxy) is 2. The highest BCUT2D eigenvalue weighted by atomic mass is 32.2. The van der Waals surface area contributed by atoms with Gasteiger partial charge in [0.1, 0.15) is 10.8 Å². The molecule has 1 unspecified atom stereocenters. The second-order valence-electron chi connectivity index (χ2n) is 6.63. The number of halogens is 1. The van der Waals surface area contributed by atoms with E-state index in [-0.39, 0.29) is 17.5 Å². The van der Waals surface area contributed by atoms with Crippen LogP contribution >= 0.6 is 12.3 Å². The third-order valence-corrected chi connectivity index (χ3v) is 7.05. The number of hydrogen-bond acceptors (Lipinski definition) is 6. The summed E-state index contributed by atoms with van der Waals surface area (Å²) in [6.07, 6.45) is 3.98. The van der Waals surface area contributed by atoms with Crippen molar-refractivity contribution in [3.05, 3.63) is 42.2 Å². The van der Waals surface area contributed by atoms with Gasteiger partial charge < -0.3 is 15.2 Å². The van der Waals surface area contributed by atoms with E-state index >= 15 is 0 Å². The van der Waals surface area contributed by atoms with Crippen molar-refractivity contribution in [2.45, 2.75) is 47.1 Å². The first-order valence-electron chi connectivity index (χ1n) is 8.48. The van der Waals surface area contributed by atoms with Crippen LogP contribution in [0.4, 0.5) is 3.89 Å². The largest absolute Gasteiger partial charge is 0.348 e. The molecule has 0 bridgehead atoms. The summed E-state index contributed by atoms with van der Waals surface area (Å²) in [5.41, 5.74) is 6.39. The van der Waals surface area contributed by atoms with Crippen LogP contribution in [-0.4, -0.2) is 32.2 Å². The monoisotopic (exact) mass is 397 g/mol. The molecule has 1 aliphatic heterocycles. The summed E-state index contributed by atoms with van der Waals surface area (Å²) in [6.45, 7) is 1.19. The van der Waals surface area contributed by atoms with Crippen molar-refractivity contribution < 1.29 is 17.6 Å². The van der Waals surface area contributed by atoms with Crippen molar-refractivity contribution in [3.8, 4) is 0 Å². The molecule has 2 fully saturated rings. The Kier molecular flexibility index (Phi) is 4.91. The van der Waals surface area contributed by atoms with E-state index in [1.165, 1.54) is 10.2 Å². The lowest BCUT2D eigenvalue weighted by Gasteiger charge is -2.41. The molecule has 1 aliphatic carbocycles. The zero-order chi connectivity index (χ0) is 18.2. The van der Waals surface area contributed by atoms with Crippen molar-refractivity contribution in [2.75, 3.05) is 13.2 Å². The first-order chi connectivity index (χ1) is 12.6. The van der Waals surface area contributed by atoms with Gasteiger partial charge in [-0.25, -0.2) is 13.2 Å². The summed E-state index contributed by atoms with van der Waals surface area (Å²) in [5.74, 6) is -0.549. The predicted molar refractivity (Wildman–Crippen MR) is 96.4 cm³/mol. The van der Waals surface area contributed by atoms with Crippen molar-refractivity contribution in [1.82, 2.24) is 8.96 Å². The first-order valence-corrected chi connectivity index (χ1v) is 10.3. The Bertz CT molecular complexity index is 799. The van der Waals surface area contributed by atoms with Crippen LogP contribution in [0.5, 0.6) is 0 Å². The van der Waals surface area contributed by atoms with E-state index in [9.17, 15) is 8.09 Å². The summed E-state index contributed by atoms with van der Waals surface area (Å²) in [7, 11) is -1.58. The maximum atomic E-state index is 13.8. The fourth-order valence-corrected chi connectivity index (χ4v) is 5.32. The van der Waals surface area contributed by atoms with Crippen molar-refractivity contribution in [1.29, 1.82) is 0 Å². The molecule has 2 heterocycles. The van der Waals surface area contributed by atoms with Gasteiger partial charge in [0, 0.05) is 17.7 Å². The fourth-order valence-electron chi connectivity index (χ4n) is 3.61. The summed E-state index contributed by atoms with van der Waals surface area (Å²) in [5, 5.41) is 0.150. The van der Waals surface area contributed by atoms with Crippen molar-refractivity contribution >= 4 is 23.1 Å². The average Bonchev–Trinajstić information content (AvgIpc) is 3.32. The van der Waals surface area contributed by atoms with E-state index in [2.05, 4.69) is 4.98 Å². The highest BCUT2D eigenvalue weighted by Gasteiger charge is 2.47. The van der Waals surface area contributed by atoms with Crippen LogP contribution < -0.4 is 5.73 Å². The van der Waals surface area contributed by atoms with Crippen LogP contribution in [0.3, 0.4) is 0 Å². The molecule has 1 atom stereocenters. The average molecular weight is 397 g/mol. The lowest BCUT2D eigenvalue weighted by molar-refractivity contribution is -0.185. The minimum absolute atomic E-state index is 0.0137. The number of aromatic nitrogens is 2. The Morgan fingerprint density at radius 2 is 1.81 bits per heavy atom. The molecule has 2 aromatic rings. The van der Waals surface area contributed by atoms with Gasteiger partial charge in [-0.15, -0.1) is 3.89 Å². The van der Waals surface area contributed by atoms with Crippen LogP contribution in [0.15, 0.2) is 46.6 Å². The number of rotatable bonds is 4. The smallest absolute Gasteiger partial charge is 0.216 e. The molecule has 1 saturated carbocycles. The van der Waals surface area contributed by atoms with E-state index < -0.39 is 22.1 Å². The third-order valence-electron chi connectivity index (χ3n) is 5.11. The van der Waals surface area contributed by atoms with Gasteiger partial charge in [-0.1, -0.05) is 18.2 Å². The van der Waals surface area contributed by atoms with Crippen LogP contribution in [-0.2, 0) is 25.8 Å². The van der Waals surface area contributed by atoms with Crippen LogP contribution in [0.1, 0.15) is 31.4 Å². The topological polar surface area (TPSA) is 79.4 Å². The van der Waals surface area contributed by atoms with E-state index in [0.29, 0.717) is 49.5 Å². The molecule has 26 heavy (non-hydrogen) atoms. The summed E-state index contributed by atoms with van der Waals surface area (Å²) >= 11 is -0.0137. The predicted octanol–water partition coefficient (Wildman–Crippen LogP) is 2.90. The number of hydrogen-bond donors (Lipinski definition) is 1. The molecular weight excluding hydrogens is 377 g/mol. The molecule has 6 nitrogen and oxygen atoms in total. The fraction of sp³-hybridized carbons (Fsp3) is 0.471. The third kappa shape index (κ3) is 3.11. The van der Waals surface area contributed by atoms with Crippen molar-refractivity contribution in [2.24, 2.45) is 5.73 Å². The van der Waals surface area contributed by atoms with Crippen LogP contribution in [0.25, 0.3) is 0 Å². The molecule has 1 aromatic carbocycles. The SMILES string of the molecule is NC1(c2cnc(S(=O)c3ccccc3)n2SF)CCC2(CC1)OCCO2. The molecule has 0 radical (unpaired) electrons. The normalized spacial score (nSPS) is 22.5. The maximum Gasteiger partial charge on any atom is 0.216 e. The van der Waals surface area contributed by atoms with E-state index in [4.69, 9.17) is 15.2 Å². The standard InChI is InChI=1S/C17H20FN3O3S2/c18-25-21-14(12-20-15(21)26(22)13-4-2-1-3-5-13)16(19)6-8-17(9-7-16)23-10-11-24-17/h1-5,12H,6-11,19H2. The lowest BCUT2D eigenvalue weighted by atomic mass is 9.77. The summed E-state index contributed by atoms with van der Waals surface area (Å²) in [6, 6.07) is 8.87. The summed E-state index contributed by atoms with van der Waals surface area (Å²) in [4.78, 5) is 4.80. The zero-order valence-corrected chi connectivity index (χ0v) is 15.7. The van der Waals surface area contributed by atoms with Gasteiger partial charge in [-0.2, -0.15) is 0 Å². The Hall–Kier alpha value is -1.26. The van der Waals surface area contributed by atoms with Crippen LogP contribution in [0, 0.1) is 0 Å². The summed E-state index contributed by atoms with van der Waals surface area (Å²) < 4.78 is 39.3. The van der Waals surface area contributed by atoms with Gasteiger partial charge in [0.05, 0.1) is 30.6 Å². The Morgan fingerprint density at radius 1 is 1.15 bits per heavy atom. The van der Waals surface area contributed by atoms with E-state index in [1.807, 2.05) is 6.07 Å². The van der Waals surface area contributed by atoms with E-state index in [1.54, 1.807) is 24.3 Å². The minimum atomic E-state index is -1.58. The Morgan fingerprint density at radius 3 is 2.42 bits per heavy atom.